The van der Waals surface area contributed by atoms with E-state index in [0.717, 1.165) is 5.56 Å². The van der Waals surface area contributed by atoms with Gasteiger partial charge >= 0.3 is 5.97 Å². The van der Waals surface area contributed by atoms with Crippen molar-refractivity contribution in [2.45, 2.75) is 20.5 Å². The molecular formula is C27H23ClO4. The van der Waals surface area contributed by atoms with Crippen LogP contribution in [0.4, 0.5) is 0 Å². The standard InChI is InChI=1S/C27H23ClO4/c1-27(2)15-23(26(30)31-16-18-6-4-3-5-7-18)22-14-20(10-13-24(22)32-17-27)25(29)19-8-11-21(28)12-9-19/h3-15H,16-17H2,1-2H3. The van der Waals surface area contributed by atoms with E-state index in [4.69, 9.17) is 21.1 Å². The minimum absolute atomic E-state index is 0.162. The van der Waals surface area contributed by atoms with E-state index in [1.54, 1.807) is 42.5 Å². The van der Waals surface area contributed by atoms with Gasteiger partial charge in [-0.05, 0) is 48.0 Å². The molecule has 0 aromatic heterocycles. The Morgan fingerprint density at radius 2 is 1.66 bits per heavy atom. The van der Waals surface area contributed by atoms with E-state index >= 15 is 0 Å². The first kappa shape index (κ1) is 21.8. The summed E-state index contributed by atoms with van der Waals surface area (Å²) in [7, 11) is 0. The van der Waals surface area contributed by atoms with Crippen molar-refractivity contribution in [3.63, 3.8) is 0 Å². The van der Waals surface area contributed by atoms with E-state index in [-0.39, 0.29) is 17.8 Å². The van der Waals surface area contributed by atoms with Crippen LogP contribution in [0.3, 0.4) is 0 Å². The van der Waals surface area contributed by atoms with Gasteiger partial charge in [0.15, 0.2) is 5.78 Å². The molecule has 0 fully saturated rings. The third-order valence-electron chi connectivity index (χ3n) is 5.21. The number of benzene rings is 3. The number of hydrogen-bond donors (Lipinski definition) is 0. The number of carbonyl (C=O) groups is 2. The van der Waals surface area contributed by atoms with E-state index in [9.17, 15) is 9.59 Å². The van der Waals surface area contributed by atoms with E-state index in [2.05, 4.69) is 0 Å². The van der Waals surface area contributed by atoms with Crippen molar-refractivity contribution in [2.75, 3.05) is 6.61 Å². The highest BCUT2D eigenvalue weighted by molar-refractivity contribution is 6.30. The van der Waals surface area contributed by atoms with Crippen molar-refractivity contribution in [2.24, 2.45) is 5.41 Å². The topological polar surface area (TPSA) is 52.6 Å². The monoisotopic (exact) mass is 446 g/mol. The predicted molar refractivity (Wildman–Crippen MR) is 125 cm³/mol. The smallest absolute Gasteiger partial charge is 0.338 e. The van der Waals surface area contributed by atoms with Crippen LogP contribution >= 0.6 is 11.6 Å². The first-order chi connectivity index (χ1) is 15.3. The normalized spacial score (nSPS) is 14.4. The Balaban J connectivity index is 1.68. The first-order valence-corrected chi connectivity index (χ1v) is 10.7. The van der Waals surface area contributed by atoms with E-state index in [1.807, 2.05) is 50.3 Å². The molecule has 3 aromatic rings. The lowest BCUT2D eigenvalue weighted by atomic mass is 9.89. The number of ketones is 1. The maximum Gasteiger partial charge on any atom is 0.338 e. The van der Waals surface area contributed by atoms with Crippen LogP contribution in [0.1, 0.15) is 40.9 Å². The van der Waals surface area contributed by atoms with Crippen molar-refractivity contribution < 1.29 is 19.1 Å². The average molecular weight is 447 g/mol. The summed E-state index contributed by atoms with van der Waals surface area (Å²) in [5, 5.41) is 0.561. The van der Waals surface area contributed by atoms with Crippen LogP contribution in [0.25, 0.3) is 5.57 Å². The number of ether oxygens (including phenoxy) is 2. The van der Waals surface area contributed by atoms with Gasteiger partial charge in [0.05, 0.1) is 12.2 Å². The van der Waals surface area contributed by atoms with Crippen LogP contribution < -0.4 is 4.74 Å². The van der Waals surface area contributed by atoms with E-state index in [0.29, 0.717) is 39.6 Å². The van der Waals surface area contributed by atoms with Gasteiger partial charge in [-0.25, -0.2) is 4.79 Å². The average Bonchev–Trinajstić information content (AvgIpc) is 2.94. The molecule has 0 spiro atoms. The van der Waals surface area contributed by atoms with Crippen LogP contribution in [-0.2, 0) is 16.1 Å². The highest BCUT2D eigenvalue weighted by atomic mass is 35.5. The summed E-state index contributed by atoms with van der Waals surface area (Å²) in [4.78, 5) is 26.1. The quantitative estimate of drug-likeness (QED) is 0.350. The summed E-state index contributed by atoms with van der Waals surface area (Å²) in [5.41, 5.74) is 2.42. The lowest BCUT2D eigenvalue weighted by Gasteiger charge is -2.18. The number of hydrogen-bond acceptors (Lipinski definition) is 4. The van der Waals surface area contributed by atoms with Gasteiger partial charge in [-0.3, -0.25) is 4.79 Å². The molecular weight excluding hydrogens is 424 g/mol. The van der Waals surface area contributed by atoms with Gasteiger partial charge in [-0.15, -0.1) is 0 Å². The Morgan fingerprint density at radius 3 is 2.38 bits per heavy atom. The fraction of sp³-hybridized carbons (Fsp3) is 0.185. The zero-order chi connectivity index (χ0) is 22.7. The van der Waals surface area contributed by atoms with Gasteiger partial charge in [0.2, 0.25) is 0 Å². The summed E-state index contributed by atoms with van der Waals surface area (Å²) < 4.78 is 11.6. The second-order valence-corrected chi connectivity index (χ2v) is 8.88. The molecule has 4 rings (SSSR count). The number of carbonyl (C=O) groups excluding carboxylic acids is 2. The lowest BCUT2D eigenvalue weighted by Crippen LogP contribution is -2.18. The Morgan fingerprint density at radius 1 is 0.969 bits per heavy atom. The Kier molecular flexibility index (Phi) is 6.15. The zero-order valence-corrected chi connectivity index (χ0v) is 18.7. The number of rotatable bonds is 5. The third kappa shape index (κ3) is 4.92. The molecule has 0 unspecified atom stereocenters. The summed E-state index contributed by atoms with van der Waals surface area (Å²) >= 11 is 5.94. The lowest BCUT2D eigenvalue weighted by molar-refractivity contribution is -0.137. The summed E-state index contributed by atoms with van der Waals surface area (Å²) in [6.07, 6.45) is 1.86. The van der Waals surface area contributed by atoms with Crippen molar-refractivity contribution in [3.05, 3.63) is 106 Å². The SMILES string of the molecule is CC1(C)C=C(C(=O)OCc2ccccc2)c2cc(C(=O)c3ccc(Cl)cc3)ccc2OC1. The van der Waals surface area contributed by atoms with Crippen molar-refractivity contribution in [3.8, 4) is 5.75 Å². The van der Waals surface area contributed by atoms with Crippen LogP contribution in [0.5, 0.6) is 5.75 Å². The van der Waals surface area contributed by atoms with Crippen LogP contribution in [-0.4, -0.2) is 18.4 Å². The van der Waals surface area contributed by atoms with E-state index < -0.39 is 5.97 Å². The molecule has 0 N–H and O–H groups in total. The van der Waals surface area contributed by atoms with Gasteiger partial charge in [0.25, 0.3) is 0 Å². The summed E-state index contributed by atoms with van der Waals surface area (Å²) in [5.74, 6) is -0.0686. The molecule has 0 saturated carbocycles. The molecule has 1 aliphatic heterocycles. The van der Waals surface area contributed by atoms with E-state index in [1.165, 1.54) is 0 Å². The second kappa shape index (κ2) is 9.01. The fourth-order valence-corrected chi connectivity index (χ4v) is 3.65. The van der Waals surface area contributed by atoms with Gasteiger partial charge in [0, 0.05) is 27.1 Å². The molecule has 3 aromatic carbocycles. The summed E-state index contributed by atoms with van der Waals surface area (Å²) in [6.45, 7) is 4.54. The summed E-state index contributed by atoms with van der Waals surface area (Å²) in [6, 6.07) is 21.4. The third-order valence-corrected chi connectivity index (χ3v) is 5.46. The largest absolute Gasteiger partial charge is 0.492 e. The maximum absolute atomic E-state index is 13.1. The maximum atomic E-state index is 13.1. The highest BCUT2D eigenvalue weighted by Crippen LogP contribution is 2.37. The number of fused-ring (bicyclic) bond motifs is 1. The molecule has 1 aliphatic rings. The number of halogens is 1. The van der Waals surface area contributed by atoms with Crippen LogP contribution in [0.15, 0.2) is 78.9 Å². The highest BCUT2D eigenvalue weighted by Gasteiger charge is 2.29. The van der Waals surface area contributed by atoms with Gasteiger partial charge in [0.1, 0.15) is 12.4 Å². The molecule has 5 heteroatoms. The number of esters is 1. The van der Waals surface area contributed by atoms with Gasteiger partial charge in [-0.2, -0.15) is 0 Å². The predicted octanol–water partition coefficient (Wildman–Crippen LogP) is 6.12. The fourth-order valence-electron chi connectivity index (χ4n) is 3.52. The van der Waals surface area contributed by atoms with Crippen LogP contribution in [0.2, 0.25) is 5.02 Å². The molecule has 0 aliphatic carbocycles. The molecule has 0 amide bonds. The van der Waals surface area contributed by atoms with Crippen molar-refractivity contribution in [1.29, 1.82) is 0 Å². The first-order valence-electron chi connectivity index (χ1n) is 10.3. The molecule has 1 heterocycles. The molecule has 0 atom stereocenters. The Labute approximate surface area is 192 Å². The molecule has 32 heavy (non-hydrogen) atoms. The zero-order valence-electron chi connectivity index (χ0n) is 17.9. The molecule has 4 nitrogen and oxygen atoms in total. The molecule has 0 radical (unpaired) electrons. The van der Waals surface area contributed by atoms with Crippen LogP contribution in [0, 0.1) is 5.41 Å². The second-order valence-electron chi connectivity index (χ2n) is 8.44. The molecule has 0 bridgehead atoms. The van der Waals surface area contributed by atoms with Gasteiger partial charge in [-0.1, -0.05) is 61.9 Å². The molecule has 0 saturated heterocycles. The molecule has 162 valence electrons. The minimum Gasteiger partial charge on any atom is -0.492 e. The van der Waals surface area contributed by atoms with Crippen molar-refractivity contribution in [1.82, 2.24) is 0 Å². The minimum atomic E-state index is -0.454. The Hall–Kier alpha value is -3.37. The Bertz CT molecular complexity index is 1180. The van der Waals surface area contributed by atoms with Crippen molar-refractivity contribution >= 4 is 28.9 Å². The van der Waals surface area contributed by atoms with Gasteiger partial charge < -0.3 is 9.47 Å².